The Kier molecular flexibility index (Phi) is 6.36. The van der Waals surface area contributed by atoms with E-state index in [4.69, 9.17) is 14.5 Å². The van der Waals surface area contributed by atoms with E-state index >= 15 is 0 Å². The van der Waals surface area contributed by atoms with Gasteiger partial charge in [-0.25, -0.2) is 9.97 Å². The SMILES string of the molecule is COCc1cc(NCC2(c3ccccc3C)CCOCC2)nc(C(C)(C)C)n1. The van der Waals surface area contributed by atoms with Crippen molar-refractivity contribution in [2.75, 3.05) is 32.2 Å². The van der Waals surface area contributed by atoms with E-state index in [1.807, 2.05) is 6.07 Å². The van der Waals surface area contributed by atoms with Crippen molar-refractivity contribution in [1.29, 1.82) is 0 Å². The van der Waals surface area contributed by atoms with Gasteiger partial charge < -0.3 is 14.8 Å². The van der Waals surface area contributed by atoms with Crippen molar-refractivity contribution in [3.63, 3.8) is 0 Å². The van der Waals surface area contributed by atoms with Gasteiger partial charge in [-0.15, -0.1) is 0 Å². The molecule has 28 heavy (non-hydrogen) atoms. The molecule has 2 aromatic rings. The van der Waals surface area contributed by atoms with E-state index in [1.54, 1.807) is 7.11 Å². The van der Waals surface area contributed by atoms with E-state index in [1.165, 1.54) is 11.1 Å². The standard InChI is InChI=1S/C23H33N3O2/c1-17-8-6-7-9-19(17)23(10-12-28-13-11-23)16-24-20-14-18(15-27-5)25-21(26-20)22(2,3)4/h6-9,14H,10-13,15-16H2,1-5H3,(H,24,25,26). The summed E-state index contributed by atoms with van der Waals surface area (Å²) in [6.45, 7) is 11.5. The van der Waals surface area contributed by atoms with Crippen LogP contribution in [0.4, 0.5) is 5.82 Å². The molecule has 0 bridgehead atoms. The molecule has 1 aliphatic heterocycles. The molecule has 5 heteroatoms. The Morgan fingerprint density at radius 1 is 1.14 bits per heavy atom. The van der Waals surface area contributed by atoms with Gasteiger partial charge in [-0.05, 0) is 30.9 Å². The minimum atomic E-state index is -0.118. The van der Waals surface area contributed by atoms with Crippen LogP contribution in [0.2, 0.25) is 0 Å². The van der Waals surface area contributed by atoms with Crippen LogP contribution in [0.25, 0.3) is 0 Å². The number of rotatable bonds is 6. The van der Waals surface area contributed by atoms with Crippen LogP contribution in [0, 0.1) is 6.92 Å². The van der Waals surface area contributed by atoms with Gasteiger partial charge in [-0.3, -0.25) is 0 Å². The largest absolute Gasteiger partial charge is 0.381 e. The third kappa shape index (κ3) is 4.70. The highest BCUT2D eigenvalue weighted by Crippen LogP contribution is 2.37. The normalized spacial score (nSPS) is 16.8. The molecule has 5 nitrogen and oxygen atoms in total. The minimum Gasteiger partial charge on any atom is -0.381 e. The van der Waals surface area contributed by atoms with Crippen LogP contribution in [0.15, 0.2) is 30.3 Å². The van der Waals surface area contributed by atoms with Gasteiger partial charge in [0.05, 0.1) is 12.3 Å². The van der Waals surface area contributed by atoms with Crippen LogP contribution in [0.3, 0.4) is 0 Å². The molecule has 0 unspecified atom stereocenters. The number of hydrogen-bond donors (Lipinski definition) is 1. The Balaban J connectivity index is 1.89. The molecule has 2 heterocycles. The monoisotopic (exact) mass is 383 g/mol. The fourth-order valence-electron chi connectivity index (χ4n) is 3.88. The molecule has 3 rings (SSSR count). The summed E-state index contributed by atoms with van der Waals surface area (Å²) in [5.74, 6) is 1.70. The second kappa shape index (κ2) is 8.58. The molecule has 0 atom stereocenters. The van der Waals surface area contributed by atoms with Crippen LogP contribution < -0.4 is 5.32 Å². The zero-order chi connectivity index (χ0) is 20.2. The number of benzene rings is 1. The van der Waals surface area contributed by atoms with E-state index in [-0.39, 0.29) is 10.8 Å². The quantitative estimate of drug-likeness (QED) is 0.802. The highest BCUT2D eigenvalue weighted by Gasteiger charge is 2.35. The highest BCUT2D eigenvalue weighted by molar-refractivity contribution is 5.41. The molecule has 1 fully saturated rings. The van der Waals surface area contributed by atoms with Gasteiger partial charge in [0.25, 0.3) is 0 Å². The van der Waals surface area contributed by atoms with E-state index in [9.17, 15) is 0 Å². The summed E-state index contributed by atoms with van der Waals surface area (Å²) in [7, 11) is 1.70. The lowest BCUT2D eigenvalue weighted by Gasteiger charge is -2.39. The number of aryl methyl sites for hydroxylation is 1. The summed E-state index contributed by atoms with van der Waals surface area (Å²) < 4.78 is 11.0. The first kappa shape index (κ1) is 20.7. The van der Waals surface area contributed by atoms with Gasteiger partial charge in [0.2, 0.25) is 0 Å². The number of aromatic nitrogens is 2. The lowest BCUT2D eigenvalue weighted by Crippen LogP contribution is -2.40. The third-order valence-electron chi connectivity index (χ3n) is 5.52. The van der Waals surface area contributed by atoms with Crippen LogP contribution in [0.1, 0.15) is 56.3 Å². The molecular weight excluding hydrogens is 350 g/mol. The summed E-state index contributed by atoms with van der Waals surface area (Å²) in [6, 6.07) is 10.7. The van der Waals surface area contributed by atoms with Gasteiger partial charge in [-0.2, -0.15) is 0 Å². The van der Waals surface area contributed by atoms with Crippen LogP contribution in [-0.2, 0) is 26.9 Å². The summed E-state index contributed by atoms with van der Waals surface area (Å²) in [5, 5.41) is 3.63. The topological polar surface area (TPSA) is 56.3 Å². The maximum atomic E-state index is 5.68. The van der Waals surface area contributed by atoms with Crippen molar-refractivity contribution in [3.8, 4) is 0 Å². The lowest BCUT2D eigenvalue weighted by atomic mass is 9.72. The van der Waals surface area contributed by atoms with E-state index in [2.05, 4.69) is 62.3 Å². The van der Waals surface area contributed by atoms with Crippen molar-refractivity contribution in [2.45, 2.75) is 58.0 Å². The Morgan fingerprint density at radius 3 is 2.50 bits per heavy atom. The van der Waals surface area contributed by atoms with E-state index in [0.717, 1.165) is 49.9 Å². The molecule has 0 spiro atoms. The Labute approximate surface area is 168 Å². The molecule has 1 saturated heterocycles. The summed E-state index contributed by atoms with van der Waals surface area (Å²) in [6.07, 6.45) is 2.01. The smallest absolute Gasteiger partial charge is 0.136 e. The van der Waals surface area contributed by atoms with Gasteiger partial charge >= 0.3 is 0 Å². The number of nitrogens with zero attached hydrogens (tertiary/aromatic N) is 2. The molecule has 0 aliphatic carbocycles. The Hall–Kier alpha value is -1.98. The summed E-state index contributed by atoms with van der Waals surface area (Å²) in [5.41, 5.74) is 3.59. The zero-order valence-electron chi connectivity index (χ0n) is 17.8. The second-order valence-electron chi connectivity index (χ2n) is 8.81. The van der Waals surface area contributed by atoms with Crippen molar-refractivity contribution < 1.29 is 9.47 Å². The van der Waals surface area contributed by atoms with Crippen LogP contribution in [0.5, 0.6) is 0 Å². The average Bonchev–Trinajstić information content (AvgIpc) is 2.67. The Bertz CT molecular complexity index is 793. The molecule has 0 saturated carbocycles. The average molecular weight is 384 g/mol. The summed E-state index contributed by atoms with van der Waals surface area (Å²) >= 11 is 0. The predicted molar refractivity (Wildman–Crippen MR) is 113 cm³/mol. The molecular formula is C23H33N3O2. The molecule has 0 radical (unpaired) electrons. The van der Waals surface area contributed by atoms with Crippen LogP contribution >= 0.6 is 0 Å². The first-order valence-corrected chi connectivity index (χ1v) is 10.1. The zero-order valence-corrected chi connectivity index (χ0v) is 17.8. The maximum absolute atomic E-state index is 5.68. The first-order valence-electron chi connectivity index (χ1n) is 10.1. The number of anilines is 1. The minimum absolute atomic E-state index is 0.0534. The van der Waals surface area contributed by atoms with Gasteiger partial charge in [-0.1, -0.05) is 45.0 Å². The van der Waals surface area contributed by atoms with Gasteiger partial charge in [0, 0.05) is 43.8 Å². The van der Waals surface area contributed by atoms with Crippen molar-refractivity contribution >= 4 is 5.82 Å². The molecule has 1 aliphatic rings. The van der Waals surface area contributed by atoms with E-state index < -0.39 is 0 Å². The third-order valence-corrected chi connectivity index (χ3v) is 5.52. The summed E-state index contributed by atoms with van der Waals surface area (Å²) in [4.78, 5) is 9.49. The van der Waals surface area contributed by atoms with Gasteiger partial charge in [0.1, 0.15) is 11.6 Å². The molecule has 152 valence electrons. The number of hydrogen-bond acceptors (Lipinski definition) is 5. The first-order chi connectivity index (χ1) is 13.3. The van der Waals surface area contributed by atoms with Crippen LogP contribution in [-0.4, -0.2) is 36.8 Å². The van der Waals surface area contributed by atoms with Crippen molar-refractivity contribution in [1.82, 2.24) is 9.97 Å². The Morgan fingerprint density at radius 2 is 1.86 bits per heavy atom. The van der Waals surface area contributed by atoms with Crippen molar-refractivity contribution in [2.24, 2.45) is 0 Å². The van der Waals surface area contributed by atoms with E-state index in [0.29, 0.717) is 6.61 Å². The van der Waals surface area contributed by atoms with Gasteiger partial charge in [0.15, 0.2) is 0 Å². The second-order valence-corrected chi connectivity index (χ2v) is 8.81. The fourth-order valence-corrected chi connectivity index (χ4v) is 3.88. The fraction of sp³-hybridized carbons (Fsp3) is 0.565. The predicted octanol–water partition coefficient (Wildman–Crippen LogP) is 4.39. The molecule has 0 amide bonds. The number of methoxy groups -OCH3 is 1. The maximum Gasteiger partial charge on any atom is 0.136 e. The number of ether oxygens (including phenoxy) is 2. The lowest BCUT2D eigenvalue weighted by molar-refractivity contribution is 0.0541. The molecule has 1 aromatic heterocycles. The highest BCUT2D eigenvalue weighted by atomic mass is 16.5. The molecule has 1 N–H and O–H groups in total. The number of nitrogens with one attached hydrogen (secondary N) is 1. The molecule has 1 aromatic carbocycles. The van der Waals surface area contributed by atoms with Crippen molar-refractivity contribution in [3.05, 3.63) is 53.0 Å².